The van der Waals surface area contributed by atoms with Crippen LogP contribution >= 0.6 is 22.9 Å². The van der Waals surface area contributed by atoms with Crippen molar-refractivity contribution in [3.05, 3.63) is 85.9 Å². The number of nitrogens with one attached hydrogen (secondary N) is 2. The molecule has 0 radical (unpaired) electrons. The molecular formula is C25H25ClN4O4S. The van der Waals surface area contributed by atoms with E-state index in [-0.39, 0.29) is 41.6 Å². The lowest BCUT2D eigenvalue weighted by atomic mass is 10.1. The predicted octanol–water partition coefficient (Wildman–Crippen LogP) is 2.29. The Bertz CT molecular complexity index is 1300. The molecule has 1 aliphatic heterocycles. The number of rotatable bonds is 7. The Hall–Kier alpha value is -2.98. The van der Waals surface area contributed by atoms with Gasteiger partial charge in [0.05, 0.1) is 27.9 Å². The quantitative estimate of drug-likeness (QED) is 0.450. The summed E-state index contributed by atoms with van der Waals surface area (Å²) in [5, 5.41) is 16.0. The Morgan fingerprint density at radius 1 is 1.00 bits per heavy atom. The molecule has 2 aromatic heterocycles. The van der Waals surface area contributed by atoms with Gasteiger partial charge in [-0.3, -0.25) is 23.9 Å². The van der Waals surface area contributed by atoms with E-state index in [0.29, 0.717) is 33.6 Å². The van der Waals surface area contributed by atoms with Crippen LogP contribution in [0.15, 0.2) is 65.6 Å². The lowest BCUT2D eigenvalue weighted by Gasteiger charge is -2.25. The maximum atomic E-state index is 13.1. The summed E-state index contributed by atoms with van der Waals surface area (Å²) < 4.78 is 2.04. The topological polar surface area (TPSA) is 104 Å². The van der Waals surface area contributed by atoms with Gasteiger partial charge in [-0.25, -0.2) is 0 Å². The summed E-state index contributed by atoms with van der Waals surface area (Å²) in [6.07, 6.45) is 3.46. The van der Waals surface area contributed by atoms with Crippen molar-refractivity contribution < 1.29 is 14.7 Å². The molecule has 1 saturated carbocycles. The molecule has 0 bridgehead atoms. The van der Waals surface area contributed by atoms with E-state index < -0.39 is 0 Å². The monoisotopic (exact) mass is 512 g/mol. The first-order valence-electron chi connectivity index (χ1n) is 11.4. The first kappa shape index (κ1) is 23.7. The van der Waals surface area contributed by atoms with Crippen molar-refractivity contribution in [1.82, 2.24) is 20.1 Å². The van der Waals surface area contributed by atoms with Gasteiger partial charge in [-0.15, -0.1) is 11.3 Å². The highest BCUT2D eigenvalue weighted by atomic mass is 35.5. The number of carbonyl (C=O) groups is 2. The van der Waals surface area contributed by atoms with Gasteiger partial charge in [0.15, 0.2) is 0 Å². The average molecular weight is 513 g/mol. The Morgan fingerprint density at radius 3 is 2.26 bits per heavy atom. The second kappa shape index (κ2) is 9.58. The fraction of sp³-hybridized carbons (Fsp3) is 0.320. The van der Waals surface area contributed by atoms with Crippen LogP contribution in [0.3, 0.4) is 0 Å². The summed E-state index contributed by atoms with van der Waals surface area (Å²) in [7, 11) is 0. The van der Waals surface area contributed by atoms with Crippen LogP contribution in [0.5, 0.6) is 0 Å². The molecule has 2 fully saturated rings. The molecule has 0 unspecified atom stereocenters. The third kappa shape index (κ3) is 4.90. The molecule has 10 heteroatoms. The third-order valence-corrected chi connectivity index (χ3v) is 8.00. The van der Waals surface area contributed by atoms with Gasteiger partial charge in [0, 0.05) is 42.1 Å². The number of hydrogen-bond donors (Lipinski definition) is 3. The lowest BCUT2D eigenvalue weighted by molar-refractivity contribution is 0.0898. The molecule has 5 rings (SSSR count). The number of hydrogen-bond acceptors (Lipinski definition) is 6. The van der Waals surface area contributed by atoms with Gasteiger partial charge in [0.2, 0.25) is 0 Å². The standard InChI is InChI=1S/C25H25ClN4O4S/c26-21-9-8-20(35-21)24(34)28-19-14-29(25(15-31)10-11-25)13-18(19)27-23(33)16-4-6-17(7-5-16)30-12-2-1-3-22(30)32/h1-9,12,18-19,31H,10-11,13-15H2,(H,27,33)(H,28,34)/t18-,19-/m1/s1. The lowest BCUT2D eigenvalue weighted by Crippen LogP contribution is -2.50. The Kier molecular flexibility index (Phi) is 6.50. The largest absolute Gasteiger partial charge is 0.394 e. The molecule has 1 saturated heterocycles. The molecule has 2 atom stereocenters. The van der Waals surface area contributed by atoms with Crippen molar-refractivity contribution in [2.45, 2.75) is 30.5 Å². The Morgan fingerprint density at radius 2 is 1.69 bits per heavy atom. The molecule has 1 aromatic carbocycles. The normalized spacial score (nSPS) is 21.0. The first-order chi connectivity index (χ1) is 16.9. The van der Waals surface area contributed by atoms with Crippen molar-refractivity contribution >= 4 is 34.8 Å². The second-order valence-electron chi connectivity index (χ2n) is 9.01. The minimum absolute atomic E-state index is 0.0508. The van der Waals surface area contributed by atoms with Gasteiger partial charge in [-0.1, -0.05) is 17.7 Å². The highest BCUT2D eigenvalue weighted by molar-refractivity contribution is 7.18. The van der Waals surface area contributed by atoms with Gasteiger partial charge >= 0.3 is 0 Å². The molecule has 2 aliphatic rings. The van der Waals surface area contributed by atoms with E-state index >= 15 is 0 Å². The number of thiophene rings is 1. The molecule has 3 N–H and O–H groups in total. The van der Waals surface area contributed by atoms with Gasteiger partial charge < -0.3 is 15.7 Å². The minimum atomic E-state index is -0.331. The number of benzene rings is 1. The van der Waals surface area contributed by atoms with E-state index in [1.54, 1.807) is 54.7 Å². The van der Waals surface area contributed by atoms with E-state index in [9.17, 15) is 19.5 Å². The fourth-order valence-corrected chi connectivity index (χ4v) is 5.49. The van der Waals surface area contributed by atoms with E-state index in [0.717, 1.165) is 12.8 Å². The summed E-state index contributed by atoms with van der Waals surface area (Å²) in [6.45, 7) is 1.11. The molecule has 0 spiro atoms. The molecular weight excluding hydrogens is 488 g/mol. The number of amides is 2. The van der Waals surface area contributed by atoms with E-state index in [1.807, 2.05) is 0 Å². The van der Waals surface area contributed by atoms with Crippen molar-refractivity contribution in [2.75, 3.05) is 19.7 Å². The van der Waals surface area contributed by atoms with E-state index in [4.69, 9.17) is 11.6 Å². The number of halogens is 1. The van der Waals surface area contributed by atoms with Crippen LogP contribution in [0.4, 0.5) is 0 Å². The van der Waals surface area contributed by atoms with Crippen molar-refractivity contribution in [3.8, 4) is 5.69 Å². The molecule has 8 nitrogen and oxygen atoms in total. The Labute approximate surface area is 211 Å². The minimum Gasteiger partial charge on any atom is -0.394 e. The second-order valence-corrected chi connectivity index (χ2v) is 10.7. The van der Waals surface area contributed by atoms with Crippen LogP contribution in [-0.2, 0) is 0 Å². The zero-order valence-corrected chi connectivity index (χ0v) is 20.4. The number of likely N-dealkylation sites (tertiary alicyclic amines) is 1. The first-order valence-corrected chi connectivity index (χ1v) is 12.6. The Balaban J connectivity index is 1.31. The molecule has 3 aromatic rings. The van der Waals surface area contributed by atoms with Gasteiger partial charge in [0.1, 0.15) is 0 Å². The number of aliphatic hydroxyl groups is 1. The summed E-state index contributed by atoms with van der Waals surface area (Å²) in [4.78, 5) is 40.6. The number of carbonyl (C=O) groups excluding carboxylic acids is 2. The van der Waals surface area contributed by atoms with Crippen molar-refractivity contribution in [1.29, 1.82) is 0 Å². The zero-order valence-electron chi connectivity index (χ0n) is 18.8. The molecule has 3 heterocycles. The third-order valence-electron chi connectivity index (χ3n) is 6.77. The number of aliphatic hydroxyl groups excluding tert-OH is 1. The molecule has 2 amide bonds. The molecule has 182 valence electrons. The highest BCUT2D eigenvalue weighted by Gasteiger charge is 2.52. The van der Waals surface area contributed by atoms with Gasteiger partial charge in [0.25, 0.3) is 17.4 Å². The fourth-order valence-electron chi connectivity index (χ4n) is 4.54. The number of nitrogens with zero attached hydrogens (tertiary/aromatic N) is 2. The van der Waals surface area contributed by atoms with Crippen LogP contribution in [0.25, 0.3) is 5.69 Å². The van der Waals surface area contributed by atoms with Crippen LogP contribution in [0, 0.1) is 0 Å². The van der Waals surface area contributed by atoms with Gasteiger partial charge in [-0.05, 0) is 55.3 Å². The van der Waals surface area contributed by atoms with Crippen LogP contribution < -0.4 is 16.2 Å². The molecule has 1 aliphatic carbocycles. The van der Waals surface area contributed by atoms with Crippen molar-refractivity contribution in [3.63, 3.8) is 0 Å². The summed E-state index contributed by atoms with van der Waals surface area (Å²) in [5.74, 6) is -0.504. The summed E-state index contributed by atoms with van der Waals surface area (Å²) in [5.41, 5.74) is 0.700. The smallest absolute Gasteiger partial charge is 0.261 e. The van der Waals surface area contributed by atoms with Crippen LogP contribution in [0.2, 0.25) is 4.34 Å². The summed E-state index contributed by atoms with van der Waals surface area (Å²) >= 11 is 7.19. The van der Waals surface area contributed by atoms with E-state index in [2.05, 4.69) is 15.5 Å². The SMILES string of the molecule is O=C(N[C@@H]1CN(C2(CO)CC2)C[C@H]1NC(=O)c1ccc(Cl)s1)c1ccc(-n2ccccc2=O)cc1. The van der Waals surface area contributed by atoms with Crippen molar-refractivity contribution in [2.24, 2.45) is 0 Å². The summed E-state index contributed by atoms with van der Waals surface area (Å²) in [6, 6.07) is 14.4. The van der Waals surface area contributed by atoms with Crippen LogP contribution in [0.1, 0.15) is 32.9 Å². The van der Waals surface area contributed by atoms with E-state index in [1.165, 1.54) is 22.0 Å². The number of aromatic nitrogens is 1. The zero-order chi connectivity index (χ0) is 24.6. The van der Waals surface area contributed by atoms with Crippen LogP contribution in [-0.4, -0.2) is 63.7 Å². The average Bonchev–Trinajstić information content (AvgIpc) is 3.39. The maximum absolute atomic E-state index is 13.1. The highest BCUT2D eigenvalue weighted by Crippen LogP contribution is 2.43. The predicted molar refractivity (Wildman–Crippen MR) is 135 cm³/mol. The number of pyridine rings is 1. The maximum Gasteiger partial charge on any atom is 0.261 e. The van der Waals surface area contributed by atoms with Gasteiger partial charge in [-0.2, -0.15) is 0 Å². The molecule has 35 heavy (non-hydrogen) atoms.